The lowest BCUT2D eigenvalue weighted by Gasteiger charge is -2.26. The predicted molar refractivity (Wildman–Crippen MR) is 247 cm³/mol. The van der Waals surface area contributed by atoms with Crippen LogP contribution in [-0.4, -0.2) is 4.57 Å². The summed E-state index contributed by atoms with van der Waals surface area (Å²) in [5, 5.41) is 7.29. The molecule has 12 aromatic rings. The molecule has 272 valence electrons. The zero-order valence-corrected chi connectivity index (χ0v) is 32.2. The van der Waals surface area contributed by atoms with E-state index in [1.165, 1.54) is 64.4 Å². The van der Waals surface area contributed by atoms with E-state index in [4.69, 9.17) is 4.42 Å². The zero-order valence-electron chi connectivity index (χ0n) is 31.3. The third kappa shape index (κ3) is 5.05. The van der Waals surface area contributed by atoms with Gasteiger partial charge < -0.3 is 13.9 Å². The second kappa shape index (κ2) is 13.1. The summed E-state index contributed by atoms with van der Waals surface area (Å²) in [5.41, 5.74) is 13.2. The fourth-order valence-corrected chi connectivity index (χ4v) is 10.2. The standard InChI is InChI=1S/C54H34N2OS/c1-6-23-46(56-47-24-7-2-17-40(47)41-18-3-8-25-48(41)56)39(16-1)37-15-11-14-36(34-37)35-30-32-38(33-31-35)55(49-26-12-21-44-42-19-4-9-28-51(42)57-53(44)49)50-27-13-22-45-43-20-5-10-29-52(43)58-54(45)50/h1-34H. The number of para-hydroxylation sites is 5. The number of nitrogens with zero attached hydrogens (tertiary/aromatic N) is 2. The van der Waals surface area contributed by atoms with Gasteiger partial charge in [0.15, 0.2) is 5.58 Å². The van der Waals surface area contributed by atoms with E-state index in [9.17, 15) is 0 Å². The molecular formula is C54H34N2OS. The van der Waals surface area contributed by atoms with Crippen LogP contribution >= 0.6 is 11.3 Å². The molecule has 3 heterocycles. The average Bonchev–Trinajstić information content (AvgIpc) is 3.97. The molecule has 12 rings (SSSR count). The third-order valence-electron chi connectivity index (χ3n) is 11.6. The van der Waals surface area contributed by atoms with Gasteiger partial charge in [-0.15, -0.1) is 11.3 Å². The van der Waals surface area contributed by atoms with Crippen molar-refractivity contribution in [2.75, 3.05) is 4.90 Å². The van der Waals surface area contributed by atoms with Crippen LogP contribution in [0.4, 0.5) is 17.1 Å². The van der Waals surface area contributed by atoms with Crippen LogP contribution in [0.2, 0.25) is 0 Å². The first-order valence-corrected chi connectivity index (χ1v) is 20.5. The van der Waals surface area contributed by atoms with Gasteiger partial charge in [-0.1, -0.05) is 146 Å². The lowest BCUT2D eigenvalue weighted by Crippen LogP contribution is -2.10. The summed E-state index contributed by atoms with van der Waals surface area (Å²) in [6, 6.07) is 74.3. The SMILES string of the molecule is c1cc(-c2ccc(N(c3cccc4c3oc3ccccc34)c3cccc4c3sc3ccccc34)cc2)cc(-c2ccccc2-n2c3ccccc3c3ccccc32)c1. The Hall–Kier alpha value is -7.40. The van der Waals surface area contributed by atoms with Gasteiger partial charge in [-0.25, -0.2) is 0 Å². The molecule has 3 aromatic heterocycles. The van der Waals surface area contributed by atoms with Gasteiger partial charge >= 0.3 is 0 Å². The Balaban J connectivity index is 0.995. The van der Waals surface area contributed by atoms with Crippen LogP contribution in [0.1, 0.15) is 0 Å². The Labute approximate surface area is 338 Å². The van der Waals surface area contributed by atoms with Crippen LogP contribution in [0.15, 0.2) is 211 Å². The van der Waals surface area contributed by atoms with Crippen molar-refractivity contribution in [1.82, 2.24) is 4.57 Å². The second-order valence-electron chi connectivity index (χ2n) is 14.9. The minimum Gasteiger partial charge on any atom is -0.454 e. The highest BCUT2D eigenvalue weighted by molar-refractivity contribution is 7.26. The van der Waals surface area contributed by atoms with E-state index in [1.807, 2.05) is 17.4 Å². The summed E-state index contributed by atoms with van der Waals surface area (Å²) in [4.78, 5) is 2.38. The Morgan fingerprint density at radius 1 is 0.414 bits per heavy atom. The summed E-state index contributed by atoms with van der Waals surface area (Å²) >= 11 is 1.84. The van der Waals surface area contributed by atoms with Crippen LogP contribution in [0.25, 0.3) is 91.9 Å². The highest BCUT2D eigenvalue weighted by Crippen LogP contribution is 2.48. The summed E-state index contributed by atoms with van der Waals surface area (Å²) in [6.07, 6.45) is 0. The smallest absolute Gasteiger partial charge is 0.159 e. The normalized spacial score (nSPS) is 11.8. The van der Waals surface area contributed by atoms with Crippen molar-refractivity contribution < 1.29 is 4.42 Å². The summed E-state index contributed by atoms with van der Waals surface area (Å²) < 4.78 is 11.6. The highest BCUT2D eigenvalue weighted by Gasteiger charge is 2.23. The van der Waals surface area contributed by atoms with Crippen molar-refractivity contribution >= 4 is 92.3 Å². The number of fused-ring (bicyclic) bond motifs is 9. The molecule has 0 N–H and O–H groups in total. The number of aromatic nitrogens is 1. The van der Waals surface area contributed by atoms with E-state index in [0.29, 0.717) is 0 Å². The molecule has 0 amide bonds. The van der Waals surface area contributed by atoms with Crippen molar-refractivity contribution in [3.05, 3.63) is 206 Å². The fraction of sp³-hybridized carbons (Fsp3) is 0. The van der Waals surface area contributed by atoms with Gasteiger partial charge in [-0.3, -0.25) is 0 Å². The largest absolute Gasteiger partial charge is 0.454 e. The number of anilines is 3. The monoisotopic (exact) mass is 758 g/mol. The molecule has 0 bridgehead atoms. The average molecular weight is 759 g/mol. The number of hydrogen-bond acceptors (Lipinski definition) is 3. The molecule has 0 aliphatic rings. The van der Waals surface area contributed by atoms with Crippen LogP contribution in [0.5, 0.6) is 0 Å². The molecular weight excluding hydrogens is 725 g/mol. The highest BCUT2D eigenvalue weighted by atomic mass is 32.1. The lowest BCUT2D eigenvalue weighted by atomic mass is 9.97. The van der Waals surface area contributed by atoms with E-state index in [1.54, 1.807) is 0 Å². The Kier molecular flexibility index (Phi) is 7.40. The molecule has 0 aliphatic carbocycles. The molecule has 3 nitrogen and oxygen atoms in total. The molecule has 0 spiro atoms. The first-order valence-electron chi connectivity index (χ1n) is 19.7. The van der Waals surface area contributed by atoms with Crippen molar-refractivity contribution in [3.8, 4) is 27.9 Å². The molecule has 4 heteroatoms. The van der Waals surface area contributed by atoms with Gasteiger partial charge in [0.1, 0.15) is 5.58 Å². The van der Waals surface area contributed by atoms with Crippen LogP contribution in [0, 0.1) is 0 Å². The van der Waals surface area contributed by atoms with Gasteiger partial charge in [0.05, 0.1) is 32.8 Å². The van der Waals surface area contributed by atoms with Gasteiger partial charge in [0.2, 0.25) is 0 Å². The number of thiophene rings is 1. The van der Waals surface area contributed by atoms with E-state index in [-0.39, 0.29) is 0 Å². The van der Waals surface area contributed by atoms with Crippen molar-refractivity contribution in [1.29, 1.82) is 0 Å². The van der Waals surface area contributed by atoms with Gasteiger partial charge in [0, 0.05) is 48.3 Å². The Bertz CT molecular complexity index is 3370. The first-order chi connectivity index (χ1) is 28.8. The minimum atomic E-state index is 0.875. The van der Waals surface area contributed by atoms with E-state index < -0.39 is 0 Å². The maximum atomic E-state index is 6.67. The maximum Gasteiger partial charge on any atom is 0.159 e. The molecule has 0 aliphatic heterocycles. The minimum absolute atomic E-state index is 0.875. The number of furan rings is 1. The Morgan fingerprint density at radius 3 is 1.83 bits per heavy atom. The molecule has 0 fully saturated rings. The molecule has 58 heavy (non-hydrogen) atoms. The third-order valence-corrected chi connectivity index (χ3v) is 12.8. The van der Waals surface area contributed by atoms with E-state index in [2.05, 4.69) is 210 Å². The molecule has 0 saturated carbocycles. The van der Waals surface area contributed by atoms with Crippen molar-refractivity contribution in [2.24, 2.45) is 0 Å². The number of benzene rings is 9. The zero-order chi connectivity index (χ0) is 38.2. The van der Waals surface area contributed by atoms with Crippen LogP contribution < -0.4 is 4.90 Å². The van der Waals surface area contributed by atoms with Gasteiger partial charge in [-0.2, -0.15) is 0 Å². The molecule has 0 saturated heterocycles. The predicted octanol–water partition coefficient (Wildman–Crippen LogP) is 15.9. The number of hydrogen-bond donors (Lipinski definition) is 0. The summed E-state index contributed by atoms with van der Waals surface area (Å²) in [5.74, 6) is 0. The molecule has 0 atom stereocenters. The van der Waals surface area contributed by atoms with E-state index in [0.717, 1.165) is 44.6 Å². The quantitative estimate of drug-likeness (QED) is 0.168. The first kappa shape index (κ1) is 32.8. The van der Waals surface area contributed by atoms with Gasteiger partial charge in [-0.05, 0) is 77.4 Å². The molecule has 0 unspecified atom stereocenters. The van der Waals surface area contributed by atoms with E-state index >= 15 is 0 Å². The fourth-order valence-electron chi connectivity index (χ4n) is 8.99. The van der Waals surface area contributed by atoms with Crippen LogP contribution in [0.3, 0.4) is 0 Å². The maximum absolute atomic E-state index is 6.67. The number of rotatable bonds is 6. The summed E-state index contributed by atoms with van der Waals surface area (Å²) in [6.45, 7) is 0. The Morgan fingerprint density at radius 2 is 1.02 bits per heavy atom. The summed E-state index contributed by atoms with van der Waals surface area (Å²) in [7, 11) is 0. The van der Waals surface area contributed by atoms with Crippen LogP contribution in [-0.2, 0) is 0 Å². The second-order valence-corrected chi connectivity index (χ2v) is 15.9. The molecule has 0 radical (unpaired) electrons. The van der Waals surface area contributed by atoms with Crippen molar-refractivity contribution in [2.45, 2.75) is 0 Å². The topological polar surface area (TPSA) is 21.3 Å². The van der Waals surface area contributed by atoms with Crippen molar-refractivity contribution in [3.63, 3.8) is 0 Å². The van der Waals surface area contributed by atoms with Gasteiger partial charge in [0.25, 0.3) is 0 Å². The molecule has 9 aromatic carbocycles. The lowest BCUT2D eigenvalue weighted by molar-refractivity contribution is 0.669.